The molecule has 0 spiro atoms. The third-order valence-corrected chi connectivity index (χ3v) is 5.31. The largest absolute Gasteiger partial charge is 0.376 e. The van der Waals surface area contributed by atoms with Crippen molar-refractivity contribution in [1.29, 1.82) is 0 Å². The van der Waals surface area contributed by atoms with E-state index in [1.54, 1.807) is 6.21 Å². The number of nitrogens with zero attached hydrogens (tertiary/aromatic N) is 2. The average molecular weight is 411 g/mol. The van der Waals surface area contributed by atoms with Gasteiger partial charge in [-0.05, 0) is 36.6 Å². The zero-order chi connectivity index (χ0) is 21.6. The van der Waals surface area contributed by atoms with Crippen LogP contribution in [0.1, 0.15) is 22.3 Å². The molecule has 3 aromatic carbocycles. The molecule has 0 aliphatic heterocycles. The molecule has 0 fully saturated rings. The molecule has 5 heteroatoms. The number of benzene rings is 3. The Bertz CT molecular complexity index is 1200. The van der Waals surface area contributed by atoms with Gasteiger partial charge in [-0.1, -0.05) is 66.7 Å². The molecular formula is C26H26N4O. The summed E-state index contributed by atoms with van der Waals surface area (Å²) in [5.74, 6) is -0.188. The van der Waals surface area contributed by atoms with Crippen LogP contribution in [0.4, 0.5) is 5.69 Å². The highest BCUT2D eigenvalue weighted by Crippen LogP contribution is 2.21. The SMILES string of the molecule is Cc1cccc(C)c1NCC(=O)N/N=C\c1cn(Cc2ccccc2)c2ccccc12. The molecule has 4 aromatic rings. The molecule has 0 unspecified atom stereocenters. The van der Waals surface area contributed by atoms with Crippen molar-refractivity contribution in [3.05, 3.63) is 101 Å². The molecule has 1 aromatic heterocycles. The summed E-state index contributed by atoms with van der Waals surface area (Å²) in [5, 5.41) is 8.49. The van der Waals surface area contributed by atoms with Crippen LogP contribution in [0.25, 0.3) is 10.9 Å². The maximum atomic E-state index is 12.2. The van der Waals surface area contributed by atoms with Crippen molar-refractivity contribution in [2.24, 2.45) is 5.10 Å². The van der Waals surface area contributed by atoms with Gasteiger partial charge in [-0.3, -0.25) is 4.79 Å². The van der Waals surface area contributed by atoms with Crippen LogP contribution < -0.4 is 10.7 Å². The first-order valence-corrected chi connectivity index (χ1v) is 10.4. The maximum absolute atomic E-state index is 12.2. The van der Waals surface area contributed by atoms with Crippen LogP contribution in [0.3, 0.4) is 0 Å². The van der Waals surface area contributed by atoms with Gasteiger partial charge in [0, 0.05) is 34.9 Å². The normalized spacial score (nSPS) is 11.2. The Balaban J connectivity index is 1.44. The summed E-state index contributed by atoms with van der Waals surface area (Å²) < 4.78 is 2.20. The number of amides is 1. The van der Waals surface area contributed by atoms with Crippen LogP contribution in [0.5, 0.6) is 0 Å². The summed E-state index contributed by atoms with van der Waals surface area (Å²) in [7, 11) is 0. The van der Waals surface area contributed by atoms with Gasteiger partial charge in [0.2, 0.25) is 0 Å². The van der Waals surface area contributed by atoms with Gasteiger partial charge in [0.15, 0.2) is 0 Å². The number of nitrogens with one attached hydrogen (secondary N) is 2. The summed E-state index contributed by atoms with van der Waals surface area (Å²) in [6.45, 7) is 4.99. The number of para-hydroxylation sites is 2. The number of anilines is 1. The van der Waals surface area contributed by atoms with Crippen molar-refractivity contribution in [3.63, 3.8) is 0 Å². The summed E-state index contributed by atoms with van der Waals surface area (Å²) in [5.41, 5.74) is 9.18. The van der Waals surface area contributed by atoms with Crippen LogP contribution in [0.15, 0.2) is 84.1 Å². The van der Waals surface area contributed by atoms with E-state index in [4.69, 9.17) is 0 Å². The molecule has 4 rings (SSSR count). The fourth-order valence-corrected chi connectivity index (χ4v) is 3.76. The first kappa shape index (κ1) is 20.4. The lowest BCUT2D eigenvalue weighted by Crippen LogP contribution is -2.26. The number of fused-ring (bicyclic) bond motifs is 1. The first-order valence-electron chi connectivity index (χ1n) is 10.4. The molecule has 5 nitrogen and oxygen atoms in total. The quantitative estimate of drug-likeness (QED) is 0.337. The van der Waals surface area contributed by atoms with E-state index in [2.05, 4.69) is 50.9 Å². The van der Waals surface area contributed by atoms with Crippen molar-refractivity contribution in [2.75, 3.05) is 11.9 Å². The lowest BCUT2D eigenvalue weighted by atomic mass is 10.1. The molecular weight excluding hydrogens is 384 g/mol. The van der Waals surface area contributed by atoms with E-state index >= 15 is 0 Å². The molecule has 0 saturated heterocycles. The Kier molecular flexibility index (Phi) is 6.13. The summed E-state index contributed by atoms with van der Waals surface area (Å²) >= 11 is 0. The van der Waals surface area contributed by atoms with Gasteiger partial charge >= 0.3 is 0 Å². The van der Waals surface area contributed by atoms with E-state index < -0.39 is 0 Å². The molecule has 0 aliphatic rings. The van der Waals surface area contributed by atoms with Crippen molar-refractivity contribution in [3.8, 4) is 0 Å². The Labute approximate surface area is 182 Å². The standard InChI is InChI=1S/C26H26N4O/c1-19-9-8-10-20(2)26(19)27-16-25(31)29-28-15-22-18-30(17-21-11-4-3-5-12-21)24-14-7-6-13-23(22)24/h3-15,18,27H,16-17H2,1-2H3,(H,29,31)/b28-15-. The number of hydrogen-bond donors (Lipinski definition) is 2. The van der Waals surface area contributed by atoms with E-state index in [0.29, 0.717) is 0 Å². The second-order valence-electron chi connectivity index (χ2n) is 7.63. The summed E-state index contributed by atoms with van der Waals surface area (Å²) in [6.07, 6.45) is 3.78. The molecule has 0 saturated carbocycles. The third-order valence-electron chi connectivity index (χ3n) is 5.31. The minimum absolute atomic E-state index is 0.165. The predicted molar refractivity (Wildman–Crippen MR) is 128 cm³/mol. The minimum Gasteiger partial charge on any atom is -0.376 e. The molecule has 1 amide bonds. The van der Waals surface area contributed by atoms with E-state index in [1.165, 1.54) is 5.56 Å². The number of aromatic nitrogens is 1. The third kappa shape index (κ3) is 4.83. The van der Waals surface area contributed by atoms with Crippen molar-refractivity contribution >= 4 is 28.7 Å². The Morgan fingerprint density at radius 3 is 2.42 bits per heavy atom. The Morgan fingerprint density at radius 1 is 0.935 bits per heavy atom. The number of hydrogen-bond acceptors (Lipinski definition) is 3. The van der Waals surface area contributed by atoms with E-state index in [-0.39, 0.29) is 12.5 Å². The van der Waals surface area contributed by atoms with Gasteiger partial charge in [-0.2, -0.15) is 5.10 Å². The van der Waals surface area contributed by atoms with Crippen molar-refractivity contribution in [2.45, 2.75) is 20.4 Å². The monoisotopic (exact) mass is 410 g/mol. The fourth-order valence-electron chi connectivity index (χ4n) is 3.76. The van der Waals surface area contributed by atoms with Crippen LogP contribution >= 0.6 is 0 Å². The number of aryl methyl sites for hydroxylation is 2. The second-order valence-corrected chi connectivity index (χ2v) is 7.63. The highest BCUT2D eigenvalue weighted by Gasteiger charge is 2.08. The van der Waals surface area contributed by atoms with Crippen LogP contribution in [-0.4, -0.2) is 23.2 Å². The van der Waals surface area contributed by atoms with E-state index in [0.717, 1.165) is 39.8 Å². The van der Waals surface area contributed by atoms with Gasteiger partial charge in [-0.15, -0.1) is 0 Å². The van der Waals surface area contributed by atoms with Gasteiger partial charge in [-0.25, -0.2) is 5.43 Å². The summed E-state index contributed by atoms with van der Waals surface area (Å²) in [6, 6.07) is 24.6. The van der Waals surface area contributed by atoms with Gasteiger partial charge in [0.25, 0.3) is 5.91 Å². The first-order chi connectivity index (χ1) is 15.1. The van der Waals surface area contributed by atoms with E-state index in [1.807, 2.05) is 62.4 Å². The molecule has 0 bridgehead atoms. The highest BCUT2D eigenvalue weighted by atomic mass is 16.2. The van der Waals surface area contributed by atoms with Gasteiger partial charge in [0.1, 0.15) is 0 Å². The smallest absolute Gasteiger partial charge is 0.259 e. The molecule has 1 heterocycles. The molecule has 0 atom stereocenters. The Morgan fingerprint density at radius 2 is 1.65 bits per heavy atom. The molecule has 2 N–H and O–H groups in total. The van der Waals surface area contributed by atoms with Crippen LogP contribution in [0, 0.1) is 13.8 Å². The molecule has 31 heavy (non-hydrogen) atoms. The summed E-state index contributed by atoms with van der Waals surface area (Å²) in [4.78, 5) is 12.2. The van der Waals surface area contributed by atoms with Gasteiger partial charge < -0.3 is 9.88 Å². The number of hydrazone groups is 1. The van der Waals surface area contributed by atoms with Crippen LogP contribution in [-0.2, 0) is 11.3 Å². The zero-order valence-corrected chi connectivity index (χ0v) is 17.8. The van der Waals surface area contributed by atoms with Crippen molar-refractivity contribution < 1.29 is 4.79 Å². The molecule has 0 radical (unpaired) electrons. The highest BCUT2D eigenvalue weighted by molar-refractivity contribution is 5.99. The fraction of sp³-hybridized carbons (Fsp3) is 0.154. The van der Waals surface area contributed by atoms with Crippen molar-refractivity contribution in [1.82, 2.24) is 9.99 Å². The minimum atomic E-state index is -0.188. The number of carbonyl (C=O) groups is 1. The topological polar surface area (TPSA) is 58.4 Å². The lowest BCUT2D eigenvalue weighted by Gasteiger charge is -2.11. The van der Waals surface area contributed by atoms with Crippen LogP contribution in [0.2, 0.25) is 0 Å². The number of carbonyl (C=O) groups excluding carboxylic acids is 1. The van der Waals surface area contributed by atoms with E-state index in [9.17, 15) is 4.79 Å². The molecule has 0 aliphatic carbocycles. The zero-order valence-electron chi connectivity index (χ0n) is 17.8. The van der Waals surface area contributed by atoms with Gasteiger partial charge in [0.05, 0.1) is 12.8 Å². The molecule has 156 valence electrons. The Hall–Kier alpha value is -3.86. The number of rotatable bonds is 7. The average Bonchev–Trinajstić information content (AvgIpc) is 3.12. The lowest BCUT2D eigenvalue weighted by molar-refractivity contribution is -0.119. The second kappa shape index (κ2) is 9.30. The predicted octanol–water partition coefficient (Wildman–Crippen LogP) is 4.87. The maximum Gasteiger partial charge on any atom is 0.259 e.